The van der Waals surface area contributed by atoms with E-state index in [1.807, 2.05) is 20.8 Å². The molecule has 3 aliphatic carbocycles. The average molecular weight is 503 g/mol. The van der Waals surface area contributed by atoms with Crippen LogP contribution in [0, 0.1) is 22.7 Å². The molecule has 3 aliphatic rings. The fraction of sp³-hybridized carbons (Fsp3) is 0.679. The predicted octanol–water partition coefficient (Wildman–Crippen LogP) is 4.40. The Hall–Kier alpha value is -2.77. The van der Waals surface area contributed by atoms with Crippen LogP contribution in [0.4, 0.5) is 0 Å². The molecule has 0 unspecified atom stereocenters. The second-order valence-corrected chi connectivity index (χ2v) is 11.2. The lowest BCUT2D eigenvalue weighted by molar-refractivity contribution is -0.187. The number of carbonyl (C=O) groups is 5. The average Bonchev–Trinajstić information content (AvgIpc) is 2.77. The Labute approximate surface area is 212 Å². The summed E-state index contributed by atoms with van der Waals surface area (Å²) >= 11 is 0. The highest BCUT2D eigenvalue weighted by atomic mass is 16.6. The number of hydrogen-bond donors (Lipinski definition) is 0. The molecule has 0 aromatic carbocycles. The number of rotatable bonds is 6. The topological polar surface area (TPSA) is 113 Å². The molecule has 1 saturated carbocycles. The highest BCUT2D eigenvalue weighted by Gasteiger charge is 2.64. The van der Waals surface area contributed by atoms with Gasteiger partial charge in [-0.1, -0.05) is 54.9 Å². The summed E-state index contributed by atoms with van der Waals surface area (Å²) in [7, 11) is 0. The fourth-order valence-electron chi connectivity index (χ4n) is 6.55. The van der Waals surface area contributed by atoms with Crippen molar-refractivity contribution in [3.05, 3.63) is 22.5 Å². The first-order chi connectivity index (χ1) is 16.7. The Morgan fingerprint density at radius 3 is 2.08 bits per heavy atom. The van der Waals surface area contributed by atoms with Gasteiger partial charge in [-0.05, 0) is 24.2 Å². The summed E-state index contributed by atoms with van der Waals surface area (Å²) in [5, 5.41) is 0. The van der Waals surface area contributed by atoms with Crippen molar-refractivity contribution in [2.75, 3.05) is 0 Å². The number of hydrogen-bond acceptors (Lipinski definition) is 8. The molecular formula is C28H38O8. The van der Waals surface area contributed by atoms with Crippen LogP contribution in [-0.2, 0) is 38.2 Å². The van der Waals surface area contributed by atoms with Crippen molar-refractivity contribution in [3.8, 4) is 0 Å². The van der Waals surface area contributed by atoms with E-state index in [1.54, 1.807) is 27.7 Å². The van der Waals surface area contributed by atoms with Crippen LogP contribution in [0.25, 0.3) is 0 Å². The zero-order chi connectivity index (χ0) is 27.2. The van der Waals surface area contributed by atoms with Crippen molar-refractivity contribution < 1.29 is 38.2 Å². The molecule has 0 spiro atoms. The molecule has 4 atom stereocenters. The van der Waals surface area contributed by atoms with Gasteiger partial charge in [-0.15, -0.1) is 0 Å². The number of carbonyl (C=O) groups excluding carboxylic acids is 5. The van der Waals surface area contributed by atoms with E-state index in [0.717, 1.165) is 12.8 Å². The molecule has 1 fully saturated rings. The van der Waals surface area contributed by atoms with E-state index in [0.29, 0.717) is 6.42 Å². The molecule has 0 aliphatic heterocycles. The van der Waals surface area contributed by atoms with Crippen LogP contribution in [0.3, 0.4) is 0 Å². The minimum atomic E-state index is -1.24. The van der Waals surface area contributed by atoms with Crippen molar-refractivity contribution in [2.24, 2.45) is 22.7 Å². The molecule has 0 heterocycles. The number of Topliss-reactive ketones (excluding diaryl/α,β-unsaturated/α-hetero) is 2. The van der Waals surface area contributed by atoms with Gasteiger partial charge in [0.15, 0.2) is 17.6 Å². The number of esters is 3. The van der Waals surface area contributed by atoms with Crippen molar-refractivity contribution in [1.29, 1.82) is 0 Å². The third-order valence-corrected chi connectivity index (χ3v) is 7.90. The summed E-state index contributed by atoms with van der Waals surface area (Å²) in [5.41, 5.74) is -0.959. The second-order valence-electron chi connectivity index (χ2n) is 11.2. The van der Waals surface area contributed by atoms with Crippen LogP contribution in [0.2, 0.25) is 0 Å². The van der Waals surface area contributed by atoms with Gasteiger partial charge in [-0.2, -0.15) is 0 Å². The first kappa shape index (κ1) is 27.8. The van der Waals surface area contributed by atoms with Gasteiger partial charge in [0.1, 0.15) is 6.10 Å². The van der Waals surface area contributed by atoms with E-state index in [4.69, 9.17) is 14.2 Å². The number of allylic oxidation sites excluding steroid dienone is 2. The lowest BCUT2D eigenvalue weighted by Crippen LogP contribution is -2.61. The van der Waals surface area contributed by atoms with Gasteiger partial charge in [0.2, 0.25) is 5.78 Å². The highest BCUT2D eigenvalue weighted by molar-refractivity contribution is 6.26. The Morgan fingerprint density at radius 1 is 0.944 bits per heavy atom. The van der Waals surface area contributed by atoms with E-state index < -0.39 is 64.3 Å². The van der Waals surface area contributed by atoms with Gasteiger partial charge < -0.3 is 14.2 Å². The maximum atomic E-state index is 14.2. The minimum Gasteiger partial charge on any atom is -0.458 e. The van der Waals surface area contributed by atoms with Crippen molar-refractivity contribution in [3.63, 3.8) is 0 Å². The van der Waals surface area contributed by atoms with Gasteiger partial charge in [0, 0.05) is 42.2 Å². The summed E-state index contributed by atoms with van der Waals surface area (Å²) in [6, 6.07) is 0. The standard InChI is InChI=1S/C28H38O8/c1-9-16(30)35-23-18(14(3)4)21(32)19-20(22(23)33)28(8)13-11-12-27(6,7)26(28)25(36-17(31)10-2)24(19)34-15(5)29/h14,24-26H,9-13H2,1-8H3/t24-,25+,26-,28+/m0/s1. The third-order valence-electron chi connectivity index (χ3n) is 7.90. The lowest BCUT2D eigenvalue weighted by Gasteiger charge is -2.58. The molecule has 0 bridgehead atoms. The Bertz CT molecular complexity index is 1060. The molecule has 0 radical (unpaired) electrons. The normalized spacial score (nSPS) is 29.5. The Kier molecular flexibility index (Phi) is 7.68. The van der Waals surface area contributed by atoms with Crippen LogP contribution in [0.15, 0.2) is 22.5 Å². The molecule has 0 amide bonds. The van der Waals surface area contributed by atoms with Gasteiger partial charge >= 0.3 is 17.9 Å². The zero-order valence-corrected chi connectivity index (χ0v) is 22.6. The first-order valence-electron chi connectivity index (χ1n) is 12.9. The van der Waals surface area contributed by atoms with E-state index in [9.17, 15) is 24.0 Å². The largest absolute Gasteiger partial charge is 0.458 e. The number of ketones is 2. The fourth-order valence-corrected chi connectivity index (χ4v) is 6.55. The van der Waals surface area contributed by atoms with Crippen molar-refractivity contribution in [1.82, 2.24) is 0 Å². The first-order valence-corrected chi connectivity index (χ1v) is 12.9. The molecule has 0 aromatic heterocycles. The second kappa shape index (κ2) is 9.94. The molecular weight excluding hydrogens is 464 g/mol. The van der Waals surface area contributed by atoms with Crippen LogP contribution < -0.4 is 0 Å². The Morgan fingerprint density at radius 2 is 1.56 bits per heavy atom. The molecule has 36 heavy (non-hydrogen) atoms. The zero-order valence-electron chi connectivity index (χ0n) is 22.6. The molecule has 198 valence electrons. The minimum absolute atomic E-state index is 0.0420. The highest BCUT2D eigenvalue weighted by Crippen LogP contribution is 2.62. The van der Waals surface area contributed by atoms with Gasteiger partial charge in [0.25, 0.3) is 0 Å². The molecule has 0 saturated heterocycles. The van der Waals surface area contributed by atoms with Crippen molar-refractivity contribution >= 4 is 29.5 Å². The van der Waals surface area contributed by atoms with E-state index in [2.05, 4.69) is 0 Å². The smallest absolute Gasteiger partial charge is 0.311 e. The summed E-state index contributed by atoms with van der Waals surface area (Å²) < 4.78 is 17.2. The number of ether oxygens (including phenoxy) is 3. The van der Waals surface area contributed by atoms with Gasteiger partial charge in [-0.25, -0.2) is 0 Å². The quantitative estimate of drug-likeness (QED) is 0.298. The monoisotopic (exact) mass is 502 g/mol. The van der Waals surface area contributed by atoms with Crippen molar-refractivity contribution in [2.45, 2.75) is 99.7 Å². The molecule has 0 N–H and O–H groups in total. The summed E-state index contributed by atoms with van der Waals surface area (Å²) in [5.74, 6) is -3.88. The van der Waals surface area contributed by atoms with Crippen LogP contribution >= 0.6 is 0 Å². The number of fused-ring (bicyclic) bond motifs is 2. The van der Waals surface area contributed by atoms with Gasteiger partial charge in [0.05, 0.1) is 5.57 Å². The van der Waals surface area contributed by atoms with Crippen LogP contribution in [0.1, 0.15) is 87.5 Å². The van der Waals surface area contributed by atoms with Crippen LogP contribution in [0.5, 0.6) is 0 Å². The molecule has 8 heteroatoms. The maximum Gasteiger partial charge on any atom is 0.311 e. The summed E-state index contributed by atoms with van der Waals surface area (Å²) in [4.78, 5) is 65.4. The summed E-state index contributed by atoms with van der Waals surface area (Å²) in [6.45, 7) is 14.0. The Balaban J connectivity index is 2.36. The molecule has 0 aromatic rings. The van der Waals surface area contributed by atoms with E-state index >= 15 is 0 Å². The SMILES string of the molecule is CCC(=O)OC1=C(C(C)C)C(=O)C2=C(C1=O)[C@@]1(C)CCCC(C)(C)[C@@H]1[C@H](OC(=O)CC)[C@H]2OC(C)=O. The van der Waals surface area contributed by atoms with E-state index in [1.165, 1.54) is 6.92 Å². The van der Waals surface area contributed by atoms with E-state index in [-0.39, 0.29) is 35.3 Å². The maximum absolute atomic E-state index is 14.2. The van der Waals surface area contributed by atoms with Crippen LogP contribution in [-0.4, -0.2) is 41.7 Å². The predicted molar refractivity (Wildman–Crippen MR) is 130 cm³/mol. The third kappa shape index (κ3) is 4.55. The molecule has 8 nitrogen and oxygen atoms in total. The lowest BCUT2D eigenvalue weighted by atomic mass is 9.47. The summed E-state index contributed by atoms with van der Waals surface area (Å²) in [6.07, 6.45) is 0.131. The molecule has 3 rings (SSSR count). The van der Waals surface area contributed by atoms with Gasteiger partial charge in [-0.3, -0.25) is 24.0 Å².